The molecule has 0 bridgehead atoms. The van der Waals surface area contributed by atoms with Gasteiger partial charge in [-0.3, -0.25) is 9.97 Å². The summed E-state index contributed by atoms with van der Waals surface area (Å²) in [6, 6.07) is 3.79. The number of aliphatic hydroxyl groups is 1. The van der Waals surface area contributed by atoms with Gasteiger partial charge in [0, 0.05) is 30.0 Å². The molecular formula is C14H19BrN4O. The van der Waals surface area contributed by atoms with Gasteiger partial charge in [0.2, 0.25) is 0 Å². The average molecular weight is 339 g/mol. The van der Waals surface area contributed by atoms with Gasteiger partial charge in [-0.25, -0.2) is 0 Å². The van der Waals surface area contributed by atoms with Crippen molar-refractivity contribution >= 4 is 32.7 Å². The number of rotatable bonds is 5. The molecule has 2 N–H and O–H groups in total. The highest BCUT2D eigenvalue weighted by molar-refractivity contribution is 9.10. The SMILES string of the molecule is CN(C)CC(C)(O)CNc1ccnc2cc(Br)cnc12. The van der Waals surface area contributed by atoms with Gasteiger partial charge in [0.1, 0.15) is 5.52 Å². The Labute approximate surface area is 127 Å². The third-order valence-electron chi connectivity index (χ3n) is 2.86. The maximum Gasteiger partial charge on any atom is 0.112 e. The van der Waals surface area contributed by atoms with E-state index in [0.29, 0.717) is 13.1 Å². The molecular weight excluding hydrogens is 320 g/mol. The van der Waals surface area contributed by atoms with E-state index in [1.165, 1.54) is 0 Å². The molecule has 1 atom stereocenters. The summed E-state index contributed by atoms with van der Waals surface area (Å²) in [5, 5.41) is 13.6. The lowest BCUT2D eigenvalue weighted by molar-refractivity contribution is 0.0460. The molecule has 0 spiro atoms. The van der Waals surface area contributed by atoms with Crippen molar-refractivity contribution in [3.05, 3.63) is 29.0 Å². The summed E-state index contributed by atoms with van der Waals surface area (Å²) >= 11 is 3.39. The number of halogens is 1. The topological polar surface area (TPSA) is 61.3 Å². The lowest BCUT2D eigenvalue weighted by atomic mass is 10.1. The van der Waals surface area contributed by atoms with Crippen LogP contribution in [0.5, 0.6) is 0 Å². The van der Waals surface area contributed by atoms with E-state index in [4.69, 9.17) is 0 Å². The second-order valence-corrected chi connectivity index (χ2v) is 6.38. The van der Waals surface area contributed by atoms with Crippen molar-refractivity contribution in [1.29, 1.82) is 0 Å². The Morgan fingerprint density at radius 1 is 1.40 bits per heavy atom. The highest BCUT2D eigenvalue weighted by Gasteiger charge is 2.21. The van der Waals surface area contributed by atoms with Crippen LogP contribution in [-0.4, -0.2) is 52.8 Å². The molecule has 0 aliphatic rings. The molecule has 2 heterocycles. The molecule has 0 saturated heterocycles. The minimum absolute atomic E-state index is 0.446. The Bertz CT molecular complexity index is 601. The molecule has 0 aliphatic heterocycles. The third kappa shape index (κ3) is 3.88. The second-order valence-electron chi connectivity index (χ2n) is 5.47. The molecule has 6 heteroatoms. The summed E-state index contributed by atoms with van der Waals surface area (Å²) in [5.74, 6) is 0. The van der Waals surface area contributed by atoms with E-state index in [1.54, 1.807) is 12.4 Å². The molecule has 20 heavy (non-hydrogen) atoms. The highest BCUT2D eigenvalue weighted by atomic mass is 79.9. The van der Waals surface area contributed by atoms with Crippen molar-refractivity contribution < 1.29 is 5.11 Å². The summed E-state index contributed by atoms with van der Waals surface area (Å²) in [6.45, 7) is 2.84. The Morgan fingerprint density at radius 2 is 2.15 bits per heavy atom. The number of anilines is 1. The van der Waals surface area contributed by atoms with E-state index >= 15 is 0 Å². The number of likely N-dealkylation sites (N-methyl/N-ethyl adjacent to an activating group) is 1. The molecule has 0 fully saturated rings. The lowest BCUT2D eigenvalue weighted by Crippen LogP contribution is -2.43. The summed E-state index contributed by atoms with van der Waals surface area (Å²) in [5.41, 5.74) is 1.68. The van der Waals surface area contributed by atoms with Crippen molar-refractivity contribution in [2.45, 2.75) is 12.5 Å². The Kier molecular flexibility index (Phi) is 4.57. The maximum atomic E-state index is 10.3. The van der Waals surface area contributed by atoms with E-state index < -0.39 is 5.60 Å². The van der Waals surface area contributed by atoms with Gasteiger partial charge >= 0.3 is 0 Å². The van der Waals surface area contributed by atoms with Crippen molar-refractivity contribution in [3.63, 3.8) is 0 Å². The average Bonchev–Trinajstić information content (AvgIpc) is 2.34. The standard InChI is InChI=1S/C14H19BrN4O/c1-14(20,9-19(2)3)8-18-11-4-5-16-12-6-10(15)7-17-13(11)12/h4-7,20H,8-9H2,1-3H3,(H,16,18). The van der Waals surface area contributed by atoms with Crippen LogP contribution in [-0.2, 0) is 0 Å². The monoisotopic (exact) mass is 338 g/mol. The van der Waals surface area contributed by atoms with Crippen LogP contribution in [0.1, 0.15) is 6.92 Å². The highest BCUT2D eigenvalue weighted by Crippen LogP contribution is 2.22. The predicted octanol–water partition coefficient (Wildman–Crippen LogP) is 2.12. The number of nitrogens with zero attached hydrogens (tertiary/aromatic N) is 3. The third-order valence-corrected chi connectivity index (χ3v) is 3.29. The number of hydrogen-bond donors (Lipinski definition) is 2. The van der Waals surface area contributed by atoms with E-state index in [-0.39, 0.29) is 0 Å². The fourth-order valence-corrected chi connectivity index (χ4v) is 2.49. The van der Waals surface area contributed by atoms with Gasteiger partial charge in [-0.1, -0.05) is 0 Å². The number of aromatic nitrogens is 2. The van der Waals surface area contributed by atoms with E-state index in [2.05, 4.69) is 31.2 Å². The van der Waals surface area contributed by atoms with Crippen molar-refractivity contribution in [2.24, 2.45) is 0 Å². The van der Waals surface area contributed by atoms with E-state index in [1.807, 2.05) is 38.1 Å². The van der Waals surface area contributed by atoms with Crippen LogP contribution >= 0.6 is 15.9 Å². The van der Waals surface area contributed by atoms with Gasteiger partial charge in [-0.2, -0.15) is 0 Å². The minimum atomic E-state index is -0.811. The lowest BCUT2D eigenvalue weighted by Gasteiger charge is -2.27. The molecule has 2 aromatic rings. The zero-order chi connectivity index (χ0) is 14.8. The largest absolute Gasteiger partial charge is 0.387 e. The summed E-state index contributed by atoms with van der Waals surface area (Å²) in [7, 11) is 3.88. The second kappa shape index (κ2) is 6.03. The maximum absolute atomic E-state index is 10.3. The number of fused-ring (bicyclic) bond motifs is 1. The normalized spacial score (nSPS) is 14.5. The van der Waals surface area contributed by atoms with E-state index in [0.717, 1.165) is 21.2 Å². The van der Waals surface area contributed by atoms with Crippen LogP contribution in [0.4, 0.5) is 5.69 Å². The molecule has 2 rings (SSSR count). The zero-order valence-electron chi connectivity index (χ0n) is 11.9. The first-order chi connectivity index (χ1) is 9.37. The van der Waals surface area contributed by atoms with Gasteiger partial charge in [0.25, 0.3) is 0 Å². The van der Waals surface area contributed by atoms with Crippen LogP contribution in [0, 0.1) is 0 Å². The van der Waals surface area contributed by atoms with Gasteiger partial charge in [0.05, 0.1) is 16.8 Å². The number of hydrogen-bond acceptors (Lipinski definition) is 5. The molecule has 5 nitrogen and oxygen atoms in total. The van der Waals surface area contributed by atoms with Crippen molar-refractivity contribution in [2.75, 3.05) is 32.5 Å². The fraction of sp³-hybridized carbons (Fsp3) is 0.429. The molecule has 0 amide bonds. The molecule has 0 saturated carbocycles. The molecule has 0 aliphatic carbocycles. The Hall–Kier alpha value is -1.24. The predicted molar refractivity (Wildman–Crippen MR) is 84.9 cm³/mol. The summed E-state index contributed by atoms with van der Waals surface area (Å²) < 4.78 is 0.897. The van der Waals surface area contributed by atoms with Gasteiger partial charge in [-0.05, 0) is 49.1 Å². The van der Waals surface area contributed by atoms with E-state index in [9.17, 15) is 5.11 Å². The molecule has 108 valence electrons. The quantitative estimate of drug-likeness (QED) is 0.874. The number of pyridine rings is 2. The van der Waals surface area contributed by atoms with Crippen LogP contribution < -0.4 is 5.32 Å². The van der Waals surface area contributed by atoms with Crippen molar-refractivity contribution in [3.8, 4) is 0 Å². The Morgan fingerprint density at radius 3 is 2.85 bits per heavy atom. The molecule has 2 aromatic heterocycles. The fourth-order valence-electron chi connectivity index (χ4n) is 2.17. The smallest absolute Gasteiger partial charge is 0.112 e. The first kappa shape index (κ1) is 15.2. The van der Waals surface area contributed by atoms with Crippen LogP contribution in [0.15, 0.2) is 29.0 Å². The first-order valence-electron chi connectivity index (χ1n) is 6.39. The van der Waals surface area contributed by atoms with Crippen LogP contribution in [0.3, 0.4) is 0 Å². The van der Waals surface area contributed by atoms with Crippen molar-refractivity contribution in [1.82, 2.24) is 14.9 Å². The van der Waals surface area contributed by atoms with Gasteiger partial charge in [-0.15, -0.1) is 0 Å². The van der Waals surface area contributed by atoms with Crippen LogP contribution in [0.2, 0.25) is 0 Å². The van der Waals surface area contributed by atoms with Gasteiger partial charge < -0.3 is 15.3 Å². The summed E-state index contributed by atoms with van der Waals surface area (Å²) in [6.07, 6.45) is 3.48. The zero-order valence-corrected chi connectivity index (χ0v) is 13.5. The van der Waals surface area contributed by atoms with Gasteiger partial charge in [0.15, 0.2) is 0 Å². The Balaban J connectivity index is 2.18. The first-order valence-corrected chi connectivity index (χ1v) is 7.18. The molecule has 0 radical (unpaired) electrons. The molecule has 1 unspecified atom stereocenters. The summed E-state index contributed by atoms with van der Waals surface area (Å²) in [4.78, 5) is 10.6. The minimum Gasteiger partial charge on any atom is -0.387 e. The molecule has 0 aromatic carbocycles. The van der Waals surface area contributed by atoms with Crippen LogP contribution in [0.25, 0.3) is 11.0 Å². The number of nitrogens with one attached hydrogen (secondary N) is 1.